The van der Waals surface area contributed by atoms with Crippen LogP contribution in [0.15, 0.2) is 24.3 Å². The smallest absolute Gasteiger partial charge is 0.382 e. The fraction of sp³-hybridized carbons (Fsp3) is 0.300. The first-order valence-electron chi connectivity index (χ1n) is 4.84. The molecule has 0 aliphatic heterocycles. The van der Waals surface area contributed by atoms with Crippen LogP contribution in [0.4, 0.5) is 23.7 Å². The van der Waals surface area contributed by atoms with Crippen LogP contribution in [0.1, 0.15) is 0 Å². The van der Waals surface area contributed by atoms with Crippen LogP contribution in [0.5, 0.6) is 0 Å². The molecule has 2 amide bonds. The van der Waals surface area contributed by atoms with E-state index in [4.69, 9.17) is 16.7 Å². The Bertz CT molecular complexity index is 409. The monoisotopic (exact) mass is 282 g/mol. The van der Waals surface area contributed by atoms with E-state index in [1.807, 2.05) is 5.32 Å². The van der Waals surface area contributed by atoms with Crippen molar-refractivity contribution < 1.29 is 23.1 Å². The molecule has 0 bridgehead atoms. The van der Waals surface area contributed by atoms with Crippen molar-refractivity contribution in [1.82, 2.24) is 5.32 Å². The number of hydrogen-bond acceptors (Lipinski definition) is 2. The fourth-order valence-electron chi connectivity index (χ4n) is 1.01. The number of benzene rings is 1. The molecule has 18 heavy (non-hydrogen) atoms. The molecule has 0 radical (unpaired) electrons. The SMILES string of the molecule is O=C(NCC(O)C(F)(F)F)Nc1ccc(Cl)cc1. The van der Waals surface area contributed by atoms with Gasteiger partial charge in [-0.2, -0.15) is 13.2 Å². The van der Waals surface area contributed by atoms with Crippen molar-refractivity contribution in [1.29, 1.82) is 0 Å². The molecule has 3 N–H and O–H groups in total. The highest BCUT2D eigenvalue weighted by Crippen LogP contribution is 2.19. The summed E-state index contributed by atoms with van der Waals surface area (Å²) in [4.78, 5) is 11.2. The maximum atomic E-state index is 11.9. The highest BCUT2D eigenvalue weighted by Gasteiger charge is 2.38. The highest BCUT2D eigenvalue weighted by molar-refractivity contribution is 6.30. The zero-order chi connectivity index (χ0) is 13.8. The topological polar surface area (TPSA) is 61.4 Å². The maximum absolute atomic E-state index is 11.9. The molecular formula is C10H10ClF3N2O2. The summed E-state index contributed by atoms with van der Waals surface area (Å²) < 4.78 is 35.8. The molecule has 1 rings (SSSR count). The maximum Gasteiger partial charge on any atom is 0.416 e. The van der Waals surface area contributed by atoms with Gasteiger partial charge in [0.25, 0.3) is 0 Å². The number of nitrogens with one attached hydrogen (secondary N) is 2. The number of amides is 2. The predicted molar refractivity (Wildman–Crippen MR) is 60.5 cm³/mol. The summed E-state index contributed by atoms with van der Waals surface area (Å²) in [6.07, 6.45) is -7.35. The van der Waals surface area contributed by atoms with Crippen molar-refractivity contribution in [3.05, 3.63) is 29.3 Å². The van der Waals surface area contributed by atoms with Crippen LogP contribution in [0.2, 0.25) is 5.02 Å². The van der Waals surface area contributed by atoms with Gasteiger partial charge in [0.15, 0.2) is 6.10 Å². The number of hydrogen-bond donors (Lipinski definition) is 3. The third-order valence-electron chi connectivity index (χ3n) is 1.94. The lowest BCUT2D eigenvalue weighted by molar-refractivity contribution is -0.201. The molecule has 0 saturated heterocycles. The summed E-state index contributed by atoms with van der Waals surface area (Å²) >= 11 is 5.61. The van der Waals surface area contributed by atoms with E-state index in [2.05, 4.69) is 5.32 Å². The van der Waals surface area contributed by atoms with Gasteiger partial charge in [0, 0.05) is 10.7 Å². The number of halogens is 4. The van der Waals surface area contributed by atoms with Crippen molar-refractivity contribution in [3.63, 3.8) is 0 Å². The predicted octanol–water partition coefficient (Wildman–Crippen LogP) is 2.38. The lowest BCUT2D eigenvalue weighted by Crippen LogP contribution is -2.42. The molecule has 0 aromatic heterocycles. The first-order chi connectivity index (χ1) is 8.29. The summed E-state index contributed by atoms with van der Waals surface area (Å²) in [6.45, 7) is -0.914. The van der Waals surface area contributed by atoms with E-state index < -0.39 is 24.9 Å². The van der Waals surface area contributed by atoms with Gasteiger partial charge < -0.3 is 15.7 Å². The van der Waals surface area contributed by atoms with Crippen LogP contribution >= 0.6 is 11.6 Å². The van der Waals surface area contributed by atoms with Crippen LogP contribution in [-0.2, 0) is 0 Å². The van der Waals surface area contributed by atoms with Crippen molar-refractivity contribution in [2.45, 2.75) is 12.3 Å². The van der Waals surface area contributed by atoms with Crippen molar-refractivity contribution >= 4 is 23.3 Å². The average Bonchev–Trinajstić information content (AvgIpc) is 2.28. The standard InChI is InChI=1S/C10H10ClF3N2O2/c11-6-1-3-7(4-2-6)16-9(18)15-5-8(17)10(12,13)14/h1-4,8,17H,5H2,(H2,15,16,18). The Morgan fingerprint density at radius 3 is 2.39 bits per heavy atom. The van der Waals surface area contributed by atoms with Gasteiger partial charge in [0.2, 0.25) is 0 Å². The number of rotatable bonds is 3. The summed E-state index contributed by atoms with van der Waals surface area (Å²) in [5.41, 5.74) is 0.374. The zero-order valence-corrected chi connectivity index (χ0v) is 9.72. The number of aliphatic hydroxyl groups excluding tert-OH is 1. The molecule has 100 valence electrons. The van der Waals surface area contributed by atoms with Gasteiger partial charge >= 0.3 is 12.2 Å². The Morgan fingerprint density at radius 2 is 1.89 bits per heavy atom. The van der Waals surface area contributed by atoms with E-state index in [-0.39, 0.29) is 0 Å². The largest absolute Gasteiger partial charge is 0.416 e. The fourth-order valence-corrected chi connectivity index (χ4v) is 1.14. The Hall–Kier alpha value is -1.47. The number of alkyl halides is 3. The lowest BCUT2D eigenvalue weighted by atomic mass is 10.3. The van der Waals surface area contributed by atoms with Crippen LogP contribution in [0.25, 0.3) is 0 Å². The van der Waals surface area contributed by atoms with Crippen LogP contribution in [-0.4, -0.2) is 30.0 Å². The van der Waals surface area contributed by atoms with Gasteiger partial charge in [-0.05, 0) is 24.3 Å². The first kappa shape index (κ1) is 14.6. The third kappa shape index (κ3) is 4.80. The molecule has 1 atom stereocenters. The van der Waals surface area contributed by atoms with E-state index >= 15 is 0 Å². The Balaban J connectivity index is 2.41. The number of carbonyl (C=O) groups excluding carboxylic acids is 1. The second kappa shape index (κ2) is 5.92. The zero-order valence-electron chi connectivity index (χ0n) is 8.96. The molecule has 0 fully saturated rings. The van der Waals surface area contributed by atoms with Crippen LogP contribution < -0.4 is 10.6 Å². The summed E-state index contributed by atoms with van der Waals surface area (Å²) in [6, 6.07) is 5.16. The normalized spacial score (nSPS) is 12.9. The molecule has 1 aromatic carbocycles. The van der Waals surface area contributed by atoms with E-state index in [0.29, 0.717) is 10.7 Å². The third-order valence-corrected chi connectivity index (χ3v) is 2.19. The number of aliphatic hydroxyl groups is 1. The second-order valence-electron chi connectivity index (χ2n) is 3.40. The van der Waals surface area contributed by atoms with E-state index in [0.717, 1.165) is 0 Å². The van der Waals surface area contributed by atoms with Crippen LogP contribution in [0, 0.1) is 0 Å². The molecule has 0 aliphatic rings. The minimum atomic E-state index is -4.76. The average molecular weight is 283 g/mol. The van der Waals surface area contributed by atoms with Gasteiger partial charge in [0.1, 0.15) is 0 Å². The quantitative estimate of drug-likeness (QED) is 0.797. The molecule has 1 aromatic rings. The summed E-state index contributed by atoms with van der Waals surface area (Å²) in [5.74, 6) is 0. The molecule has 8 heteroatoms. The van der Waals surface area contributed by atoms with E-state index in [1.165, 1.54) is 24.3 Å². The van der Waals surface area contributed by atoms with Gasteiger partial charge in [-0.25, -0.2) is 4.79 Å². The minimum absolute atomic E-state index is 0.374. The van der Waals surface area contributed by atoms with Crippen molar-refractivity contribution in [2.75, 3.05) is 11.9 Å². The molecule has 0 saturated carbocycles. The van der Waals surface area contributed by atoms with E-state index in [1.54, 1.807) is 0 Å². The number of anilines is 1. The Morgan fingerprint density at radius 1 is 1.33 bits per heavy atom. The van der Waals surface area contributed by atoms with Gasteiger partial charge in [-0.3, -0.25) is 0 Å². The van der Waals surface area contributed by atoms with Crippen LogP contribution in [0.3, 0.4) is 0 Å². The van der Waals surface area contributed by atoms with Gasteiger partial charge in [-0.1, -0.05) is 11.6 Å². The van der Waals surface area contributed by atoms with Gasteiger partial charge in [0.05, 0.1) is 6.54 Å². The lowest BCUT2D eigenvalue weighted by Gasteiger charge is -2.15. The molecule has 0 spiro atoms. The number of urea groups is 1. The molecule has 0 heterocycles. The van der Waals surface area contributed by atoms with Gasteiger partial charge in [-0.15, -0.1) is 0 Å². The summed E-state index contributed by atoms with van der Waals surface area (Å²) in [5, 5.41) is 13.3. The number of carbonyl (C=O) groups is 1. The van der Waals surface area contributed by atoms with Crippen molar-refractivity contribution in [2.24, 2.45) is 0 Å². The van der Waals surface area contributed by atoms with E-state index in [9.17, 15) is 18.0 Å². The second-order valence-corrected chi connectivity index (χ2v) is 3.84. The summed E-state index contributed by atoms with van der Waals surface area (Å²) in [7, 11) is 0. The molecular weight excluding hydrogens is 273 g/mol. The molecule has 0 aliphatic carbocycles. The molecule has 4 nitrogen and oxygen atoms in total. The van der Waals surface area contributed by atoms with Crippen molar-refractivity contribution in [3.8, 4) is 0 Å². The molecule has 1 unspecified atom stereocenters. The first-order valence-corrected chi connectivity index (χ1v) is 5.22. The Kier molecular flexibility index (Phi) is 4.80. The Labute approximate surface area is 106 Å². The minimum Gasteiger partial charge on any atom is -0.382 e. The highest BCUT2D eigenvalue weighted by atomic mass is 35.5.